The van der Waals surface area contributed by atoms with E-state index in [1.807, 2.05) is 44.2 Å². The minimum absolute atomic E-state index is 0. The molecule has 2 aliphatic carbocycles. The fourth-order valence-corrected chi connectivity index (χ4v) is 5.29. The predicted octanol–water partition coefficient (Wildman–Crippen LogP) is 2.63. The maximum Gasteiger partial charge on any atom is 0.333 e. The van der Waals surface area contributed by atoms with Gasteiger partial charge in [0.15, 0.2) is 0 Å². The maximum atomic E-state index is 12.3. The Hall–Kier alpha value is -3.88. The van der Waals surface area contributed by atoms with Gasteiger partial charge in [-0.05, 0) is 70.2 Å². The van der Waals surface area contributed by atoms with Gasteiger partial charge in [-0.1, -0.05) is 13.0 Å². The number of rotatable bonds is 4. The van der Waals surface area contributed by atoms with Gasteiger partial charge in [0, 0.05) is 62.7 Å². The molecule has 2 saturated heterocycles. The van der Waals surface area contributed by atoms with Gasteiger partial charge in [-0.2, -0.15) is 0 Å². The molecule has 4 aliphatic rings. The van der Waals surface area contributed by atoms with Crippen molar-refractivity contribution in [2.75, 3.05) is 70.6 Å². The molecule has 14 nitrogen and oxygen atoms in total. The predicted molar refractivity (Wildman–Crippen MR) is 168 cm³/mol. The summed E-state index contributed by atoms with van der Waals surface area (Å²) in [4.78, 5) is 79.2. The zero-order valence-corrected chi connectivity index (χ0v) is 27.6. The average Bonchev–Trinajstić information content (AvgIpc) is 3.67. The van der Waals surface area contributed by atoms with Crippen molar-refractivity contribution in [3.05, 3.63) is 34.1 Å². The Labute approximate surface area is 266 Å². The Balaban J connectivity index is 0.000000363. The molecule has 4 fully saturated rings. The van der Waals surface area contributed by atoms with Crippen LogP contribution in [0.3, 0.4) is 0 Å². The van der Waals surface area contributed by atoms with Crippen LogP contribution in [0.5, 0.6) is 0 Å². The van der Waals surface area contributed by atoms with Crippen molar-refractivity contribution in [1.82, 2.24) is 29.4 Å². The fourth-order valence-electron chi connectivity index (χ4n) is 5.29. The zero-order chi connectivity index (χ0) is 33.5. The molecule has 252 valence electrons. The summed E-state index contributed by atoms with van der Waals surface area (Å²) < 4.78 is 9.73. The molecule has 0 radical (unpaired) electrons. The number of urea groups is 2. The number of hydrogen-bond donors (Lipinski definition) is 0. The van der Waals surface area contributed by atoms with Gasteiger partial charge >= 0.3 is 12.1 Å². The lowest BCUT2D eigenvalue weighted by atomic mass is 9.99. The Bertz CT molecular complexity index is 1200. The van der Waals surface area contributed by atoms with Crippen molar-refractivity contribution in [2.24, 2.45) is 0 Å². The first-order chi connectivity index (χ1) is 20.6. The van der Waals surface area contributed by atoms with Crippen molar-refractivity contribution in [3.8, 4) is 0 Å². The minimum atomic E-state index is -0.583. The van der Waals surface area contributed by atoms with Gasteiger partial charge in [-0.3, -0.25) is 43.7 Å². The molecule has 2 saturated carbocycles. The first kappa shape index (κ1) is 39.1. The van der Waals surface area contributed by atoms with E-state index in [4.69, 9.17) is 9.47 Å². The summed E-state index contributed by atoms with van der Waals surface area (Å²) in [7, 11) is 16.4. The van der Waals surface area contributed by atoms with E-state index < -0.39 is 35.7 Å². The molecule has 0 atom stereocenters. The van der Waals surface area contributed by atoms with Crippen LogP contribution in [0.1, 0.15) is 52.4 Å². The van der Waals surface area contributed by atoms with Crippen LogP contribution in [-0.2, 0) is 28.7 Å². The second-order valence-corrected chi connectivity index (χ2v) is 11.3. The number of methoxy groups -OCH3 is 2. The summed E-state index contributed by atoms with van der Waals surface area (Å²) in [5.74, 6) is -1.91. The van der Waals surface area contributed by atoms with Crippen molar-refractivity contribution >= 4 is 35.7 Å². The van der Waals surface area contributed by atoms with Crippen LogP contribution in [0, 0.1) is 0 Å². The second-order valence-electron chi connectivity index (χ2n) is 11.3. The number of hydrogen-bond acceptors (Lipinski definition) is 10. The first-order valence-electron chi connectivity index (χ1n) is 14.3. The van der Waals surface area contributed by atoms with Crippen LogP contribution >= 0.6 is 0 Å². The van der Waals surface area contributed by atoms with Crippen molar-refractivity contribution in [3.63, 3.8) is 0 Å². The number of nitrogens with zero attached hydrogens (tertiary/aromatic N) is 6. The normalized spacial score (nSPS) is 20.0. The van der Waals surface area contributed by atoms with Gasteiger partial charge in [-0.25, -0.2) is 9.59 Å². The monoisotopic (exact) mass is 634 g/mol. The van der Waals surface area contributed by atoms with Gasteiger partial charge in [0.05, 0.1) is 0 Å². The summed E-state index contributed by atoms with van der Waals surface area (Å²) in [6.07, 6.45) is 7.80. The van der Waals surface area contributed by atoms with E-state index >= 15 is 0 Å². The summed E-state index contributed by atoms with van der Waals surface area (Å²) >= 11 is 0. The first-order valence-corrected chi connectivity index (χ1v) is 14.3. The standard InChI is InChI=1S/C14H19N3O3.C11H14N2O3.C5H13NO2.CH4/c1-15(2)8-9-6-5-7-10(9)11-12(18)16(3)14(20)17(4)13(11)19;1-12-9(14)8(7-5-3-4-6-7)10(15)13(2)11(12)16;1-6(2)5(7-3)8-4;/h8H,5-7H2,1-4H3;3-6H2,1-2H3;5H,1-4H3;1H4/b9-8+;;;. The second kappa shape index (κ2) is 17.0. The molecule has 2 heterocycles. The lowest BCUT2D eigenvalue weighted by Crippen LogP contribution is -2.53. The van der Waals surface area contributed by atoms with E-state index in [-0.39, 0.29) is 25.0 Å². The van der Waals surface area contributed by atoms with Crippen LogP contribution < -0.4 is 0 Å². The molecule has 45 heavy (non-hydrogen) atoms. The lowest BCUT2D eigenvalue weighted by molar-refractivity contribution is -0.179. The van der Waals surface area contributed by atoms with Crippen molar-refractivity contribution in [2.45, 2.75) is 58.8 Å². The molecule has 0 unspecified atom stereocenters. The minimum Gasteiger partial charge on any atom is -0.383 e. The highest BCUT2D eigenvalue weighted by Gasteiger charge is 2.41. The third kappa shape index (κ3) is 8.86. The van der Waals surface area contributed by atoms with Crippen molar-refractivity contribution < 1.29 is 38.2 Å². The molecule has 0 spiro atoms. The average molecular weight is 635 g/mol. The van der Waals surface area contributed by atoms with E-state index in [9.17, 15) is 28.8 Å². The Morgan fingerprint density at radius 1 is 0.622 bits per heavy atom. The van der Waals surface area contributed by atoms with E-state index in [0.717, 1.165) is 74.8 Å². The molecule has 2 aliphatic heterocycles. The topological polar surface area (TPSA) is 140 Å². The van der Waals surface area contributed by atoms with Crippen LogP contribution in [-0.4, -0.2) is 142 Å². The molecule has 0 bridgehead atoms. The molecule has 14 heteroatoms. The third-order valence-corrected chi connectivity index (χ3v) is 7.58. The van der Waals surface area contributed by atoms with E-state index in [1.165, 1.54) is 28.2 Å². The summed E-state index contributed by atoms with van der Waals surface area (Å²) in [6, 6.07) is -1.14. The number of carbonyl (C=O) groups is 6. The Kier molecular flexibility index (Phi) is 14.8. The Morgan fingerprint density at radius 2 is 1.02 bits per heavy atom. The van der Waals surface area contributed by atoms with Gasteiger partial charge in [0.1, 0.15) is 11.1 Å². The molecule has 4 rings (SSSR count). The SMILES string of the molecule is C.CN(C)/C=C1\CCCC1=C1C(=O)N(C)C(=O)N(C)C1=O.CN1C(=O)C(=C2CCCC2)C(=O)N(C)C1=O.COC(OC)N(C)C. The lowest BCUT2D eigenvalue weighted by Gasteiger charge is -2.30. The van der Waals surface area contributed by atoms with E-state index in [0.29, 0.717) is 6.42 Å². The highest BCUT2D eigenvalue weighted by molar-refractivity contribution is 6.29. The smallest absolute Gasteiger partial charge is 0.333 e. The Morgan fingerprint density at radius 3 is 1.36 bits per heavy atom. The van der Waals surface area contributed by atoms with E-state index in [2.05, 4.69) is 0 Å². The zero-order valence-electron chi connectivity index (χ0n) is 27.6. The van der Waals surface area contributed by atoms with Crippen LogP contribution in [0.15, 0.2) is 34.1 Å². The van der Waals surface area contributed by atoms with Gasteiger partial charge < -0.3 is 14.4 Å². The molecular formula is C31H50N6O8. The number of allylic oxidation sites excluding steroid dienone is 3. The molecule has 0 N–H and O–H groups in total. The quantitative estimate of drug-likeness (QED) is 0.258. The molecular weight excluding hydrogens is 584 g/mol. The van der Waals surface area contributed by atoms with E-state index in [1.54, 1.807) is 14.2 Å². The molecule has 0 aromatic carbocycles. The van der Waals surface area contributed by atoms with Crippen LogP contribution in [0.2, 0.25) is 0 Å². The number of barbiturate groups is 2. The number of imide groups is 4. The van der Waals surface area contributed by atoms with Gasteiger partial charge in [0.2, 0.25) is 6.41 Å². The summed E-state index contributed by atoms with van der Waals surface area (Å²) in [5.41, 5.74) is 3.03. The van der Waals surface area contributed by atoms with Crippen LogP contribution in [0.4, 0.5) is 9.59 Å². The highest BCUT2D eigenvalue weighted by atomic mass is 16.7. The largest absolute Gasteiger partial charge is 0.383 e. The van der Waals surface area contributed by atoms with Gasteiger partial charge in [0.25, 0.3) is 23.6 Å². The van der Waals surface area contributed by atoms with Crippen LogP contribution in [0.25, 0.3) is 0 Å². The number of ether oxygens (including phenoxy) is 2. The number of amides is 8. The molecule has 0 aromatic rings. The maximum absolute atomic E-state index is 12.3. The molecule has 0 aromatic heterocycles. The van der Waals surface area contributed by atoms with Crippen molar-refractivity contribution in [1.29, 1.82) is 0 Å². The highest BCUT2D eigenvalue weighted by Crippen LogP contribution is 2.35. The molecule has 8 amide bonds. The van der Waals surface area contributed by atoms with Gasteiger partial charge in [-0.15, -0.1) is 0 Å². The third-order valence-electron chi connectivity index (χ3n) is 7.58. The summed E-state index contributed by atoms with van der Waals surface area (Å²) in [5, 5.41) is 0. The summed E-state index contributed by atoms with van der Waals surface area (Å²) in [6.45, 7) is 0. The number of likely N-dealkylation sites (N-methyl/N-ethyl adjacent to an activating group) is 4. The number of carbonyl (C=O) groups excluding carboxylic acids is 6. The fraction of sp³-hybridized carbons (Fsp3) is 0.613.